The van der Waals surface area contributed by atoms with Gasteiger partial charge in [-0.3, -0.25) is 9.10 Å². The second kappa shape index (κ2) is 13.4. The predicted molar refractivity (Wildman–Crippen MR) is 156 cm³/mol. The van der Waals surface area contributed by atoms with Crippen LogP contribution in [0.25, 0.3) is 0 Å². The number of hydrogen-bond acceptors (Lipinski definition) is 7. The lowest BCUT2D eigenvalue weighted by molar-refractivity contribution is -0.119. The van der Waals surface area contributed by atoms with Crippen LogP contribution < -0.4 is 19.1 Å². The molecule has 0 radical (unpaired) electrons. The van der Waals surface area contributed by atoms with E-state index in [0.717, 1.165) is 22.7 Å². The molecule has 0 saturated carbocycles. The number of carbonyl (C=O) groups is 1. The van der Waals surface area contributed by atoms with Gasteiger partial charge in [0.15, 0.2) is 0 Å². The Labute approximate surface area is 242 Å². The largest absolute Gasteiger partial charge is 0.494 e. The first-order valence-corrected chi connectivity index (χ1v) is 16.3. The van der Waals surface area contributed by atoms with Gasteiger partial charge in [0.2, 0.25) is 15.9 Å². The lowest BCUT2D eigenvalue weighted by Crippen LogP contribution is -2.41. The van der Waals surface area contributed by atoms with E-state index in [0.29, 0.717) is 36.9 Å². The van der Waals surface area contributed by atoms with Gasteiger partial charge in [0, 0.05) is 13.1 Å². The smallest absolute Gasteiger partial charge is 0.264 e. The van der Waals surface area contributed by atoms with E-state index in [9.17, 15) is 21.6 Å². The van der Waals surface area contributed by atoms with Crippen molar-refractivity contribution in [2.75, 3.05) is 43.7 Å². The van der Waals surface area contributed by atoms with Crippen LogP contribution in [0.15, 0.2) is 82.6 Å². The van der Waals surface area contributed by atoms with Gasteiger partial charge in [0.05, 0.1) is 28.6 Å². The Balaban J connectivity index is 1.36. The minimum absolute atomic E-state index is 0.0350. The first-order chi connectivity index (χ1) is 19.6. The number of nitrogens with zero attached hydrogens (tertiary/aromatic N) is 2. The summed E-state index contributed by atoms with van der Waals surface area (Å²) in [5.74, 6) is 0.503. The summed E-state index contributed by atoms with van der Waals surface area (Å²) in [7, 11) is -7.56. The van der Waals surface area contributed by atoms with Crippen molar-refractivity contribution in [2.45, 2.75) is 36.5 Å². The van der Waals surface area contributed by atoms with Gasteiger partial charge in [-0.1, -0.05) is 17.7 Å². The van der Waals surface area contributed by atoms with Crippen molar-refractivity contribution in [2.24, 2.45) is 0 Å². The van der Waals surface area contributed by atoms with Crippen LogP contribution >= 0.6 is 0 Å². The molecule has 0 aliphatic carbocycles. The van der Waals surface area contributed by atoms with Crippen LogP contribution in [0, 0.1) is 6.92 Å². The average Bonchev–Trinajstić information content (AvgIpc) is 3.52. The number of hydrogen-bond donors (Lipinski definition) is 1. The molecule has 10 nitrogen and oxygen atoms in total. The maximum Gasteiger partial charge on any atom is 0.264 e. The SMILES string of the molecule is CCOc1ccc(S(=O)(=O)N(CC(=O)NCCOc2ccc(S(=O)(=O)N3CCCC3)cc2)c2ccc(C)cc2)cc1. The Morgan fingerprint density at radius 3 is 1.98 bits per heavy atom. The molecule has 12 heteroatoms. The third-order valence-electron chi connectivity index (χ3n) is 6.55. The molecular weight excluding hydrogens is 566 g/mol. The monoisotopic (exact) mass is 601 g/mol. The lowest BCUT2D eigenvalue weighted by atomic mass is 10.2. The number of ether oxygens (including phenoxy) is 2. The quantitative estimate of drug-likeness (QED) is 0.297. The zero-order valence-electron chi connectivity index (χ0n) is 23.2. The Kier molecular flexibility index (Phi) is 9.90. The summed E-state index contributed by atoms with van der Waals surface area (Å²) in [4.78, 5) is 13.1. The van der Waals surface area contributed by atoms with Crippen molar-refractivity contribution in [3.05, 3.63) is 78.4 Å². The van der Waals surface area contributed by atoms with E-state index < -0.39 is 32.5 Å². The lowest BCUT2D eigenvalue weighted by Gasteiger charge is -2.24. The molecule has 220 valence electrons. The summed E-state index contributed by atoms with van der Waals surface area (Å²) in [5.41, 5.74) is 1.32. The van der Waals surface area contributed by atoms with E-state index in [2.05, 4.69) is 5.32 Å². The number of sulfonamides is 2. The molecule has 1 N–H and O–H groups in total. The number of benzene rings is 3. The maximum atomic E-state index is 13.6. The third kappa shape index (κ3) is 7.57. The number of amides is 1. The average molecular weight is 602 g/mol. The first kappa shape index (κ1) is 30.4. The van der Waals surface area contributed by atoms with Gasteiger partial charge < -0.3 is 14.8 Å². The van der Waals surface area contributed by atoms with E-state index >= 15 is 0 Å². The van der Waals surface area contributed by atoms with Crippen molar-refractivity contribution in [1.29, 1.82) is 0 Å². The van der Waals surface area contributed by atoms with Crippen molar-refractivity contribution in [3.8, 4) is 11.5 Å². The van der Waals surface area contributed by atoms with Gasteiger partial charge in [0.25, 0.3) is 10.0 Å². The summed E-state index contributed by atoms with van der Waals surface area (Å²) in [6, 6.07) is 19.1. The van der Waals surface area contributed by atoms with Crippen LogP contribution in [-0.4, -0.2) is 66.4 Å². The van der Waals surface area contributed by atoms with E-state index in [1.54, 1.807) is 48.5 Å². The van der Waals surface area contributed by atoms with Crippen LogP contribution in [0.4, 0.5) is 5.69 Å². The molecule has 0 spiro atoms. The highest BCUT2D eigenvalue weighted by molar-refractivity contribution is 7.92. The summed E-state index contributed by atoms with van der Waals surface area (Å²) in [6.07, 6.45) is 1.73. The van der Waals surface area contributed by atoms with Gasteiger partial charge in [0.1, 0.15) is 24.7 Å². The standard InChI is InChI=1S/C29H35N3O7S2/c1-3-38-25-10-16-28(17-11-25)41(36,37)32(24-8-6-23(2)7-9-24)22-29(33)30-18-21-39-26-12-14-27(15-13-26)40(34,35)31-19-4-5-20-31/h6-17H,3-5,18-22H2,1-2H3,(H,30,33). The molecule has 4 rings (SSSR count). The molecular formula is C29H35N3O7S2. The van der Waals surface area contributed by atoms with Crippen molar-refractivity contribution in [3.63, 3.8) is 0 Å². The van der Waals surface area contributed by atoms with Crippen molar-refractivity contribution < 1.29 is 31.1 Å². The topological polar surface area (TPSA) is 122 Å². The molecule has 1 aliphatic heterocycles. The van der Waals surface area contributed by atoms with E-state index in [-0.39, 0.29) is 22.9 Å². The number of carbonyl (C=O) groups excluding carboxylic acids is 1. The van der Waals surface area contributed by atoms with E-state index in [1.807, 2.05) is 13.8 Å². The van der Waals surface area contributed by atoms with Crippen LogP contribution in [-0.2, 0) is 24.8 Å². The van der Waals surface area contributed by atoms with E-state index in [4.69, 9.17) is 9.47 Å². The number of nitrogens with one attached hydrogen (secondary N) is 1. The summed E-state index contributed by atoms with van der Waals surface area (Å²) in [5, 5.41) is 2.69. The van der Waals surface area contributed by atoms with Gasteiger partial charge in [-0.15, -0.1) is 0 Å². The summed E-state index contributed by atoms with van der Waals surface area (Å²) >= 11 is 0. The zero-order chi connectivity index (χ0) is 29.5. The molecule has 3 aromatic carbocycles. The molecule has 1 heterocycles. The van der Waals surface area contributed by atoms with Crippen molar-refractivity contribution >= 4 is 31.6 Å². The fourth-order valence-electron chi connectivity index (χ4n) is 4.36. The fraction of sp³-hybridized carbons (Fsp3) is 0.345. The molecule has 0 atom stereocenters. The van der Waals surface area contributed by atoms with Crippen LogP contribution in [0.5, 0.6) is 11.5 Å². The van der Waals surface area contributed by atoms with Crippen LogP contribution in [0.3, 0.4) is 0 Å². The second-order valence-electron chi connectivity index (χ2n) is 9.53. The van der Waals surface area contributed by atoms with Crippen LogP contribution in [0.1, 0.15) is 25.3 Å². The number of aryl methyl sites for hydroxylation is 1. The van der Waals surface area contributed by atoms with Gasteiger partial charge in [-0.05, 0) is 87.4 Å². The number of anilines is 1. The molecule has 0 unspecified atom stereocenters. The summed E-state index contributed by atoms with van der Waals surface area (Å²) in [6.45, 7) is 5.05. The Hall–Kier alpha value is -3.61. The highest BCUT2D eigenvalue weighted by atomic mass is 32.2. The van der Waals surface area contributed by atoms with Crippen LogP contribution in [0.2, 0.25) is 0 Å². The molecule has 1 aliphatic rings. The zero-order valence-corrected chi connectivity index (χ0v) is 24.8. The number of rotatable bonds is 13. The summed E-state index contributed by atoms with van der Waals surface area (Å²) < 4.78 is 66.1. The van der Waals surface area contributed by atoms with Gasteiger partial charge in [-0.2, -0.15) is 4.31 Å². The molecule has 1 saturated heterocycles. The molecule has 3 aromatic rings. The highest BCUT2D eigenvalue weighted by Gasteiger charge is 2.28. The maximum absolute atomic E-state index is 13.6. The normalized spacial score (nSPS) is 14.0. The Morgan fingerprint density at radius 2 is 1.39 bits per heavy atom. The van der Waals surface area contributed by atoms with Gasteiger partial charge in [-0.25, -0.2) is 16.8 Å². The molecule has 0 bridgehead atoms. The van der Waals surface area contributed by atoms with E-state index in [1.165, 1.54) is 28.6 Å². The first-order valence-electron chi connectivity index (χ1n) is 13.4. The highest BCUT2D eigenvalue weighted by Crippen LogP contribution is 2.26. The molecule has 1 fully saturated rings. The fourth-order valence-corrected chi connectivity index (χ4v) is 7.30. The Morgan fingerprint density at radius 1 is 0.829 bits per heavy atom. The molecule has 0 aromatic heterocycles. The third-order valence-corrected chi connectivity index (χ3v) is 10.3. The predicted octanol–water partition coefficient (Wildman–Crippen LogP) is 3.57. The Bertz CT molecular complexity index is 1520. The minimum atomic E-state index is -4.06. The van der Waals surface area contributed by atoms with Gasteiger partial charge >= 0.3 is 0 Å². The second-order valence-corrected chi connectivity index (χ2v) is 13.3. The minimum Gasteiger partial charge on any atom is -0.494 e. The van der Waals surface area contributed by atoms with Crippen molar-refractivity contribution in [1.82, 2.24) is 9.62 Å². The molecule has 41 heavy (non-hydrogen) atoms. The molecule has 1 amide bonds.